The standard InChI is InChI=1S/C10H18O2.C9H16BO2P.W.Y/c1-6(2)11-10-7(3)8(4)12-9(10)5;1-5(2)8-7(4-13-11)6(3)9(10)12-8;;/h5-10H,1-4H3;5-9H,4H2,1-3H3;;/t7?,8-,9+,10+;6?,7-,8-,9-;;/m01../s1. The van der Waals surface area contributed by atoms with Crippen molar-refractivity contribution >= 4 is 20.7 Å². The summed E-state index contributed by atoms with van der Waals surface area (Å²) in [6.45, 7) is 14.8. The van der Waals surface area contributed by atoms with Crippen LogP contribution in [0.3, 0.4) is 0 Å². The SMILES string of the molecule is CC(C)O[C@@H]1C(C)[C@H](C)O[C@@H]1[CH]=[W].[B][C@@H]1O[C@H](C(C)C)[C@H](CP=O)C1C.[Y]. The summed E-state index contributed by atoms with van der Waals surface area (Å²) >= 11 is 1.46. The molecule has 2 aliphatic rings. The Morgan fingerprint density at radius 3 is 2.19 bits per heavy atom. The molecule has 0 amide bonds. The van der Waals surface area contributed by atoms with Crippen LogP contribution in [0.2, 0.25) is 0 Å². The summed E-state index contributed by atoms with van der Waals surface area (Å²) in [5.74, 6) is 1.61. The third-order valence-electron chi connectivity index (χ3n) is 5.39. The zero-order valence-corrected chi connectivity index (χ0v) is 24.4. The molecule has 2 fully saturated rings. The fourth-order valence-electron chi connectivity index (χ4n) is 3.60. The van der Waals surface area contributed by atoms with Crippen molar-refractivity contribution in [2.45, 2.75) is 85.0 Å². The van der Waals surface area contributed by atoms with E-state index < -0.39 is 0 Å². The third kappa shape index (κ3) is 8.39. The van der Waals surface area contributed by atoms with Gasteiger partial charge in [-0.05, 0) is 11.8 Å². The molecule has 8 heteroatoms. The first-order chi connectivity index (χ1) is 12.1. The van der Waals surface area contributed by atoms with Gasteiger partial charge in [-0.15, -0.1) is 0 Å². The Balaban J connectivity index is 0.000000483. The fraction of sp³-hybridized carbons (Fsp3) is 0.947. The number of hydrogen-bond donors (Lipinski definition) is 0. The Hall–Kier alpha value is 1.71. The quantitative estimate of drug-likeness (QED) is 0.329. The fourth-order valence-corrected chi connectivity index (χ4v) is 5.10. The molecule has 27 heavy (non-hydrogen) atoms. The van der Waals surface area contributed by atoms with Gasteiger partial charge in [-0.1, -0.05) is 20.8 Å². The topological polar surface area (TPSA) is 44.8 Å². The monoisotopic (exact) mass is 641 g/mol. The van der Waals surface area contributed by atoms with Crippen molar-refractivity contribution in [2.75, 3.05) is 6.16 Å². The summed E-state index contributed by atoms with van der Waals surface area (Å²) in [5, 5.41) is 0. The van der Waals surface area contributed by atoms with Crippen molar-refractivity contribution < 1.29 is 70.8 Å². The molecule has 8 atom stereocenters. The second-order valence-electron chi connectivity index (χ2n) is 8.09. The van der Waals surface area contributed by atoms with E-state index in [0.29, 0.717) is 42.0 Å². The first-order valence-electron chi connectivity index (χ1n) is 9.60. The molecule has 0 aliphatic carbocycles. The Labute approximate surface area is 204 Å². The van der Waals surface area contributed by atoms with Crippen LogP contribution < -0.4 is 0 Å². The van der Waals surface area contributed by atoms with E-state index >= 15 is 0 Å². The van der Waals surface area contributed by atoms with E-state index in [9.17, 15) is 4.57 Å². The van der Waals surface area contributed by atoms with Gasteiger partial charge < -0.3 is 4.74 Å². The molecule has 0 spiro atoms. The van der Waals surface area contributed by atoms with Gasteiger partial charge in [-0.3, -0.25) is 4.57 Å². The smallest absolute Gasteiger partial charge is 0.155 e. The predicted octanol–water partition coefficient (Wildman–Crippen LogP) is 3.63. The molecule has 2 heterocycles. The Morgan fingerprint density at radius 1 is 1.15 bits per heavy atom. The second kappa shape index (κ2) is 13.9. The van der Waals surface area contributed by atoms with E-state index in [2.05, 4.69) is 52.9 Å². The average molecular weight is 641 g/mol. The summed E-state index contributed by atoms with van der Waals surface area (Å²) in [6.07, 6.45) is 1.92. The maximum atomic E-state index is 10.6. The van der Waals surface area contributed by atoms with E-state index in [1.54, 1.807) is 0 Å². The van der Waals surface area contributed by atoms with Crippen molar-refractivity contribution in [3.63, 3.8) is 0 Å². The van der Waals surface area contributed by atoms with Crippen LogP contribution in [0.4, 0.5) is 0 Å². The largest absolute Gasteiger partial charge is 0.384 e. The van der Waals surface area contributed by atoms with Crippen LogP contribution in [0.25, 0.3) is 0 Å². The van der Waals surface area contributed by atoms with E-state index in [1.807, 2.05) is 0 Å². The van der Waals surface area contributed by atoms with Gasteiger partial charge in [-0.2, -0.15) is 0 Å². The number of hydrogen-bond acceptors (Lipinski definition) is 4. The van der Waals surface area contributed by atoms with Crippen LogP contribution in [0.5, 0.6) is 0 Å². The maximum absolute atomic E-state index is 10.6. The Morgan fingerprint density at radius 2 is 1.74 bits per heavy atom. The van der Waals surface area contributed by atoms with Crippen LogP contribution in [0.1, 0.15) is 48.5 Å². The second-order valence-corrected chi connectivity index (χ2v) is 9.70. The molecule has 2 rings (SSSR count). The van der Waals surface area contributed by atoms with Crippen molar-refractivity contribution in [2.24, 2.45) is 23.7 Å². The summed E-state index contributed by atoms with van der Waals surface area (Å²) in [4.78, 5) is 0. The van der Waals surface area contributed by atoms with Crippen molar-refractivity contribution in [3.8, 4) is 0 Å². The molecule has 0 aromatic rings. The molecular formula is C19H34BO4PWY. The molecule has 0 aromatic carbocycles. The summed E-state index contributed by atoms with van der Waals surface area (Å²) < 4.78 is 30.0. The summed E-state index contributed by atoms with van der Waals surface area (Å²) in [6, 6.07) is -0.181. The molecule has 3 radical (unpaired) electrons. The van der Waals surface area contributed by atoms with Crippen LogP contribution in [0.15, 0.2) is 0 Å². The molecular weight excluding hydrogens is 607 g/mol. The van der Waals surface area contributed by atoms with Gasteiger partial charge in [0.15, 0.2) is 8.46 Å². The summed E-state index contributed by atoms with van der Waals surface area (Å²) in [5.41, 5.74) is 0. The van der Waals surface area contributed by atoms with Gasteiger partial charge >= 0.3 is 91.3 Å². The third-order valence-corrected chi connectivity index (χ3v) is 6.92. The van der Waals surface area contributed by atoms with Crippen molar-refractivity contribution in [3.05, 3.63) is 0 Å². The molecule has 2 unspecified atom stereocenters. The molecule has 0 bridgehead atoms. The van der Waals surface area contributed by atoms with E-state index in [0.717, 1.165) is 0 Å². The molecule has 0 aromatic heterocycles. The van der Waals surface area contributed by atoms with E-state index in [1.165, 1.54) is 19.4 Å². The molecule has 2 saturated heterocycles. The van der Waals surface area contributed by atoms with Crippen LogP contribution in [0, 0.1) is 23.7 Å². The van der Waals surface area contributed by atoms with Crippen molar-refractivity contribution in [1.82, 2.24) is 0 Å². The Bertz CT molecular complexity index is 455. The Kier molecular flexibility index (Phi) is 14.8. The van der Waals surface area contributed by atoms with E-state index in [-0.39, 0.29) is 65.5 Å². The van der Waals surface area contributed by atoms with Gasteiger partial charge in [0.1, 0.15) is 7.85 Å². The van der Waals surface area contributed by atoms with Crippen LogP contribution in [-0.2, 0) is 70.8 Å². The summed E-state index contributed by atoms with van der Waals surface area (Å²) in [7, 11) is 6.00. The van der Waals surface area contributed by atoms with Gasteiger partial charge in [0, 0.05) is 50.8 Å². The molecule has 2 aliphatic heterocycles. The normalized spacial score (nSPS) is 38.6. The zero-order chi connectivity index (χ0) is 20.0. The van der Waals surface area contributed by atoms with Gasteiger partial charge in [0.25, 0.3) is 0 Å². The van der Waals surface area contributed by atoms with Crippen LogP contribution in [-0.4, -0.2) is 54.9 Å². The minimum absolute atomic E-state index is 0. The zero-order valence-electron chi connectivity index (χ0n) is 17.7. The average Bonchev–Trinajstić information content (AvgIpc) is 3.00. The minimum Gasteiger partial charge on any atom is -0.384 e. The predicted molar refractivity (Wildman–Crippen MR) is 104 cm³/mol. The number of ether oxygens (including phenoxy) is 3. The molecule has 151 valence electrons. The molecule has 0 saturated carbocycles. The first kappa shape index (κ1) is 28.7. The van der Waals surface area contributed by atoms with Crippen LogP contribution >= 0.6 is 8.46 Å². The minimum atomic E-state index is -0.181. The first-order valence-corrected chi connectivity index (χ1v) is 12.3. The van der Waals surface area contributed by atoms with Gasteiger partial charge in [0.2, 0.25) is 0 Å². The van der Waals surface area contributed by atoms with Gasteiger partial charge in [0.05, 0.1) is 6.10 Å². The van der Waals surface area contributed by atoms with E-state index in [4.69, 9.17) is 22.1 Å². The molecule has 0 N–H and O–H groups in total. The van der Waals surface area contributed by atoms with Crippen molar-refractivity contribution in [1.29, 1.82) is 0 Å². The van der Waals surface area contributed by atoms with Gasteiger partial charge in [-0.25, -0.2) is 0 Å². The maximum Gasteiger partial charge on any atom is 0.155 e. The molecule has 4 nitrogen and oxygen atoms in total. The number of rotatable bonds is 6.